The first-order valence-corrected chi connectivity index (χ1v) is 5.87. The van der Waals surface area contributed by atoms with Crippen molar-refractivity contribution >= 4 is 5.84 Å². The summed E-state index contributed by atoms with van der Waals surface area (Å²) in [5.41, 5.74) is 5.91. The molecule has 17 heavy (non-hydrogen) atoms. The third-order valence-corrected chi connectivity index (χ3v) is 3.13. The minimum absolute atomic E-state index is 0.0238. The van der Waals surface area contributed by atoms with E-state index in [-0.39, 0.29) is 5.84 Å². The Kier molecular flexibility index (Phi) is 3.80. The lowest BCUT2D eigenvalue weighted by atomic mass is 9.83. The van der Waals surface area contributed by atoms with Crippen molar-refractivity contribution in [2.24, 2.45) is 16.8 Å². The minimum Gasteiger partial charge on any atom is -0.491 e. The number of hydrogen-bond acceptors (Lipinski definition) is 4. The number of nitrogens with zero attached hydrogens (tertiary/aromatic N) is 2. The number of hydrogen-bond donors (Lipinski definition) is 2. The maximum absolute atomic E-state index is 8.64. The molecule has 0 spiro atoms. The maximum atomic E-state index is 8.64. The molecule has 1 aromatic rings. The number of nitrogens with two attached hydrogens (primary N) is 1. The SMILES string of the molecule is N/C(=N/O)c1ncccc1OCCC1CCC1. The second-order valence-corrected chi connectivity index (χ2v) is 4.27. The zero-order chi connectivity index (χ0) is 12.1. The van der Waals surface area contributed by atoms with Crippen LogP contribution in [0.5, 0.6) is 5.75 Å². The van der Waals surface area contributed by atoms with Crippen LogP contribution in [0.1, 0.15) is 31.4 Å². The molecule has 1 aliphatic carbocycles. The molecule has 3 N–H and O–H groups in total. The molecular formula is C12H17N3O2. The Hall–Kier alpha value is -1.78. The lowest BCUT2D eigenvalue weighted by molar-refractivity contribution is 0.221. The van der Waals surface area contributed by atoms with E-state index in [4.69, 9.17) is 15.7 Å². The van der Waals surface area contributed by atoms with E-state index in [1.54, 1.807) is 18.3 Å². The molecule has 1 saturated carbocycles. The largest absolute Gasteiger partial charge is 0.491 e. The van der Waals surface area contributed by atoms with Gasteiger partial charge in [0.15, 0.2) is 11.5 Å². The number of oxime groups is 1. The van der Waals surface area contributed by atoms with Crippen LogP contribution in [0.4, 0.5) is 0 Å². The number of ether oxygens (including phenoxy) is 1. The van der Waals surface area contributed by atoms with Gasteiger partial charge in [-0.05, 0) is 24.5 Å². The average Bonchev–Trinajstić information content (AvgIpc) is 2.32. The molecule has 1 heterocycles. The first-order valence-electron chi connectivity index (χ1n) is 5.87. The summed E-state index contributed by atoms with van der Waals surface area (Å²) in [6, 6.07) is 3.55. The number of aromatic nitrogens is 1. The van der Waals surface area contributed by atoms with Crippen molar-refractivity contribution in [1.29, 1.82) is 0 Å². The monoisotopic (exact) mass is 235 g/mol. The van der Waals surface area contributed by atoms with Crippen molar-refractivity contribution in [3.05, 3.63) is 24.0 Å². The van der Waals surface area contributed by atoms with Crippen LogP contribution in [0.3, 0.4) is 0 Å². The van der Waals surface area contributed by atoms with Gasteiger partial charge in [0.25, 0.3) is 0 Å². The van der Waals surface area contributed by atoms with Gasteiger partial charge in [-0.1, -0.05) is 24.4 Å². The Morgan fingerprint density at radius 1 is 1.59 bits per heavy atom. The predicted octanol–water partition coefficient (Wildman–Crippen LogP) is 1.75. The van der Waals surface area contributed by atoms with Crippen LogP contribution >= 0.6 is 0 Å². The van der Waals surface area contributed by atoms with Gasteiger partial charge in [-0.25, -0.2) is 4.98 Å². The molecule has 0 atom stereocenters. The van der Waals surface area contributed by atoms with Crippen molar-refractivity contribution < 1.29 is 9.94 Å². The molecular weight excluding hydrogens is 218 g/mol. The van der Waals surface area contributed by atoms with Crippen LogP contribution in [0.15, 0.2) is 23.5 Å². The molecule has 0 radical (unpaired) electrons. The normalized spacial score (nSPS) is 16.6. The second-order valence-electron chi connectivity index (χ2n) is 4.27. The molecule has 1 aromatic heterocycles. The number of rotatable bonds is 5. The number of amidine groups is 1. The van der Waals surface area contributed by atoms with Crippen molar-refractivity contribution in [1.82, 2.24) is 4.98 Å². The summed E-state index contributed by atoms with van der Waals surface area (Å²) >= 11 is 0. The zero-order valence-electron chi connectivity index (χ0n) is 9.67. The fraction of sp³-hybridized carbons (Fsp3) is 0.500. The van der Waals surface area contributed by atoms with Crippen LogP contribution in [0.25, 0.3) is 0 Å². The standard InChI is InChI=1S/C12H17N3O2/c13-12(15-16)11-10(5-2-7-14-11)17-8-6-9-3-1-4-9/h2,5,7,9,16H,1,3-4,6,8H2,(H2,13,15). The van der Waals surface area contributed by atoms with Crippen LogP contribution in [0, 0.1) is 5.92 Å². The summed E-state index contributed by atoms with van der Waals surface area (Å²) in [5.74, 6) is 1.35. The summed E-state index contributed by atoms with van der Waals surface area (Å²) in [5, 5.41) is 11.6. The zero-order valence-corrected chi connectivity index (χ0v) is 9.67. The van der Waals surface area contributed by atoms with Gasteiger partial charge in [0.1, 0.15) is 5.75 Å². The second kappa shape index (κ2) is 5.52. The third-order valence-electron chi connectivity index (χ3n) is 3.13. The van der Waals surface area contributed by atoms with Gasteiger partial charge in [-0.3, -0.25) is 0 Å². The lowest BCUT2D eigenvalue weighted by Gasteiger charge is -2.25. The summed E-state index contributed by atoms with van der Waals surface area (Å²) in [6.07, 6.45) is 6.61. The van der Waals surface area contributed by atoms with Gasteiger partial charge < -0.3 is 15.7 Å². The highest BCUT2D eigenvalue weighted by Crippen LogP contribution is 2.29. The maximum Gasteiger partial charge on any atom is 0.192 e. The highest BCUT2D eigenvalue weighted by molar-refractivity contribution is 5.97. The summed E-state index contributed by atoms with van der Waals surface area (Å²) in [7, 11) is 0. The Labute approximate surface area is 100 Å². The molecule has 1 fully saturated rings. The predicted molar refractivity (Wildman–Crippen MR) is 64.2 cm³/mol. The van der Waals surface area contributed by atoms with Crippen molar-refractivity contribution in [2.45, 2.75) is 25.7 Å². The molecule has 5 heteroatoms. The van der Waals surface area contributed by atoms with Crippen LogP contribution in [0.2, 0.25) is 0 Å². The molecule has 0 amide bonds. The molecule has 0 unspecified atom stereocenters. The highest BCUT2D eigenvalue weighted by Gasteiger charge is 2.17. The Morgan fingerprint density at radius 2 is 2.41 bits per heavy atom. The molecule has 92 valence electrons. The molecule has 5 nitrogen and oxygen atoms in total. The van der Waals surface area contributed by atoms with Gasteiger partial charge in [-0.15, -0.1) is 0 Å². The summed E-state index contributed by atoms with van der Waals surface area (Å²) < 4.78 is 5.63. The van der Waals surface area contributed by atoms with E-state index in [1.807, 2.05) is 0 Å². The van der Waals surface area contributed by atoms with Gasteiger partial charge in [0, 0.05) is 6.20 Å². The average molecular weight is 235 g/mol. The summed E-state index contributed by atoms with van der Waals surface area (Å²) in [6.45, 7) is 0.655. The van der Waals surface area contributed by atoms with Gasteiger partial charge in [-0.2, -0.15) is 0 Å². The van der Waals surface area contributed by atoms with Gasteiger partial charge >= 0.3 is 0 Å². The molecule has 0 aliphatic heterocycles. The van der Waals surface area contributed by atoms with E-state index in [2.05, 4.69) is 10.1 Å². The van der Waals surface area contributed by atoms with E-state index < -0.39 is 0 Å². The van der Waals surface area contributed by atoms with Crippen molar-refractivity contribution in [3.8, 4) is 5.75 Å². The lowest BCUT2D eigenvalue weighted by Crippen LogP contribution is -2.18. The molecule has 0 saturated heterocycles. The Morgan fingerprint density at radius 3 is 3.06 bits per heavy atom. The minimum atomic E-state index is -0.0238. The topological polar surface area (TPSA) is 80.7 Å². The van der Waals surface area contributed by atoms with Crippen molar-refractivity contribution in [2.75, 3.05) is 6.61 Å². The fourth-order valence-corrected chi connectivity index (χ4v) is 1.86. The smallest absolute Gasteiger partial charge is 0.192 e. The van der Waals surface area contributed by atoms with E-state index in [9.17, 15) is 0 Å². The first-order chi connectivity index (χ1) is 8.31. The van der Waals surface area contributed by atoms with Gasteiger partial charge in [0.05, 0.1) is 6.61 Å². The van der Waals surface area contributed by atoms with E-state index in [1.165, 1.54) is 19.3 Å². The van der Waals surface area contributed by atoms with Crippen LogP contribution in [-0.4, -0.2) is 22.6 Å². The van der Waals surface area contributed by atoms with Crippen molar-refractivity contribution in [3.63, 3.8) is 0 Å². The first kappa shape index (κ1) is 11.7. The van der Waals surface area contributed by atoms with E-state index in [0.717, 1.165) is 12.3 Å². The van der Waals surface area contributed by atoms with E-state index >= 15 is 0 Å². The Balaban J connectivity index is 1.94. The Bertz CT molecular complexity index is 402. The van der Waals surface area contributed by atoms with E-state index in [0.29, 0.717) is 18.1 Å². The van der Waals surface area contributed by atoms with Crippen LogP contribution in [-0.2, 0) is 0 Å². The van der Waals surface area contributed by atoms with Crippen LogP contribution < -0.4 is 10.5 Å². The summed E-state index contributed by atoms with van der Waals surface area (Å²) in [4.78, 5) is 4.04. The molecule has 0 bridgehead atoms. The molecule has 0 aromatic carbocycles. The quantitative estimate of drug-likeness (QED) is 0.352. The molecule has 1 aliphatic rings. The molecule has 2 rings (SSSR count). The number of pyridine rings is 1. The third kappa shape index (κ3) is 2.87. The highest BCUT2D eigenvalue weighted by atomic mass is 16.5. The van der Waals surface area contributed by atoms with Gasteiger partial charge in [0.2, 0.25) is 0 Å². The fourth-order valence-electron chi connectivity index (χ4n) is 1.86.